The van der Waals surface area contributed by atoms with Crippen LogP contribution in [-0.2, 0) is 9.53 Å². The second-order valence-electron chi connectivity index (χ2n) is 5.34. The maximum atomic E-state index is 12.6. The highest BCUT2D eigenvalue weighted by molar-refractivity contribution is 8.26. The highest BCUT2D eigenvalue weighted by Gasteiger charge is 2.34. The Labute approximate surface area is 162 Å². The summed E-state index contributed by atoms with van der Waals surface area (Å²) >= 11 is 8.34. The normalized spacial score (nSPS) is 20.5. The smallest absolute Gasteiger partial charge is 0.269 e. The average molecular weight is 393 g/mol. The van der Waals surface area contributed by atoms with Gasteiger partial charge in [0, 0.05) is 24.1 Å². The lowest BCUT2D eigenvalue weighted by molar-refractivity contribution is -0.122. The zero-order chi connectivity index (χ0) is 18.0. The summed E-state index contributed by atoms with van der Waals surface area (Å²) in [5, 5.41) is 1.06. The third-order valence-corrected chi connectivity index (χ3v) is 6.45. The predicted molar refractivity (Wildman–Crippen MR) is 110 cm³/mol. The molecule has 0 atom stereocenters. The lowest BCUT2D eigenvalue weighted by Gasteiger charge is -2.18. The van der Waals surface area contributed by atoms with Crippen molar-refractivity contribution in [3.8, 4) is 0 Å². The van der Waals surface area contributed by atoms with Crippen molar-refractivity contribution in [3.05, 3.63) is 46.0 Å². The number of hydrogen-bond acceptors (Lipinski definition) is 6. The number of carbonyl (C=O) groups excluding carboxylic acids is 1. The maximum absolute atomic E-state index is 12.6. The molecule has 7 heteroatoms. The molecular weight excluding hydrogens is 372 g/mol. The largest absolute Gasteiger partial charge is 0.492 e. The van der Waals surface area contributed by atoms with Crippen molar-refractivity contribution in [1.82, 2.24) is 4.90 Å². The average Bonchev–Trinajstić information content (AvgIpc) is 3.10. The number of carbonyl (C=O) groups is 1. The van der Waals surface area contributed by atoms with E-state index in [2.05, 4.69) is 24.0 Å². The molecule has 4 nitrogen and oxygen atoms in total. The van der Waals surface area contributed by atoms with E-state index in [-0.39, 0.29) is 5.91 Å². The summed E-state index contributed by atoms with van der Waals surface area (Å²) in [5.41, 5.74) is 1.19. The van der Waals surface area contributed by atoms with E-state index in [1.165, 1.54) is 22.3 Å². The number of amides is 1. The predicted octanol–water partition coefficient (Wildman–Crippen LogP) is 4.59. The minimum Gasteiger partial charge on any atom is -0.492 e. The van der Waals surface area contributed by atoms with Crippen LogP contribution >= 0.6 is 35.7 Å². The molecule has 0 saturated carbocycles. The van der Waals surface area contributed by atoms with Gasteiger partial charge in [-0.1, -0.05) is 47.9 Å². The number of thiocarbonyl (C=S) groups is 1. The van der Waals surface area contributed by atoms with Crippen molar-refractivity contribution >= 4 is 51.7 Å². The summed E-state index contributed by atoms with van der Waals surface area (Å²) in [6.07, 6.45) is 1.97. The highest BCUT2D eigenvalue weighted by Crippen LogP contribution is 2.46. The fourth-order valence-corrected chi connectivity index (χ4v) is 5.28. The Kier molecular flexibility index (Phi) is 5.76. The Balaban J connectivity index is 2.01. The lowest BCUT2D eigenvalue weighted by atomic mass is 10.3. The molecular formula is C18H20N2O2S3. The standard InChI is InChI=1S/C18H20N2O2S3/c1-4-19-12-9-7-8-10-14(12)24-15(19)11-13(22-6-3)16-17(21)20(5-2)18(23)25-16/h7-11H,4-6H2,1-3H3. The molecule has 132 valence electrons. The van der Waals surface area contributed by atoms with Crippen LogP contribution in [0, 0.1) is 0 Å². The molecule has 25 heavy (non-hydrogen) atoms. The van der Waals surface area contributed by atoms with Crippen molar-refractivity contribution < 1.29 is 9.53 Å². The molecule has 3 rings (SSSR count). The first kappa shape index (κ1) is 18.4. The number of rotatable bonds is 5. The molecule has 1 saturated heterocycles. The van der Waals surface area contributed by atoms with Crippen molar-refractivity contribution in [2.75, 3.05) is 24.6 Å². The minimum absolute atomic E-state index is 0.0682. The summed E-state index contributed by atoms with van der Waals surface area (Å²) in [6.45, 7) is 7.89. The SMILES string of the molecule is CCOC(C=C1Sc2ccccc2N1CC)=C1SC(=S)N(CC)C1=O. The van der Waals surface area contributed by atoms with E-state index in [1.807, 2.05) is 32.1 Å². The van der Waals surface area contributed by atoms with Gasteiger partial charge in [0.1, 0.15) is 15.0 Å². The van der Waals surface area contributed by atoms with Crippen LogP contribution in [-0.4, -0.2) is 34.8 Å². The number of likely N-dealkylation sites (N-methyl/N-ethyl adjacent to an activating group) is 1. The van der Waals surface area contributed by atoms with Crippen LogP contribution in [0.4, 0.5) is 5.69 Å². The van der Waals surface area contributed by atoms with Gasteiger partial charge in [0.25, 0.3) is 5.91 Å². The molecule has 1 fully saturated rings. The first-order valence-electron chi connectivity index (χ1n) is 8.27. The molecule has 0 spiro atoms. The summed E-state index contributed by atoms with van der Waals surface area (Å²) in [4.78, 5) is 18.3. The number of para-hydroxylation sites is 1. The van der Waals surface area contributed by atoms with Gasteiger partial charge >= 0.3 is 0 Å². The fourth-order valence-electron chi connectivity index (χ4n) is 2.75. The summed E-state index contributed by atoms with van der Waals surface area (Å²) in [7, 11) is 0. The highest BCUT2D eigenvalue weighted by atomic mass is 32.2. The molecule has 1 aromatic rings. The van der Waals surface area contributed by atoms with Crippen molar-refractivity contribution in [1.29, 1.82) is 0 Å². The quantitative estimate of drug-likeness (QED) is 0.414. The fraction of sp³-hybridized carbons (Fsp3) is 0.333. The van der Waals surface area contributed by atoms with E-state index in [4.69, 9.17) is 17.0 Å². The molecule has 0 bridgehead atoms. The lowest BCUT2D eigenvalue weighted by Crippen LogP contribution is -2.27. The zero-order valence-corrected chi connectivity index (χ0v) is 16.9. The number of ether oxygens (including phenoxy) is 1. The second-order valence-corrected chi connectivity index (χ2v) is 8.05. The van der Waals surface area contributed by atoms with Crippen LogP contribution in [0.5, 0.6) is 0 Å². The van der Waals surface area contributed by atoms with Gasteiger partial charge in [-0.15, -0.1) is 0 Å². The van der Waals surface area contributed by atoms with Crippen molar-refractivity contribution in [3.63, 3.8) is 0 Å². The van der Waals surface area contributed by atoms with Crippen LogP contribution in [0.1, 0.15) is 20.8 Å². The number of anilines is 1. The number of hydrogen-bond donors (Lipinski definition) is 0. The summed E-state index contributed by atoms with van der Waals surface area (Å²) in [6, 6.07) is 8.31. The van der Waals surface area contributed by atoms with Crippen LogP contribution < -0.4 is 4.90 Å². The van der Waals surface area contributed by atoms with E-state index in [1.54, 1.807) is 16.7 Å². The van der Waals surface area contributed by atoms with Crippen LogP contribution in [0.15, 0.2) is 50.9 Å². The Morgan fingerprint density at radius 1 is 1.16 bits per heavy atom. The Morgan fingerprint density at radius 3 is 2.52 bits per heavy atom. The first-order chi connectivity index (χ1) is 12.1. The molecule has 2 heterocycles. The van der Waals surface area contributed by atoms with Gasteiger partial charge in [-0.25, -0.2) is 0 Å². The van der Waals surface area contributed by atoms with E-state index >= 15 is 0 Å². The maximum Gasteiger partial charge on any atom is 0.269 e. The molecule has 2 aliphatic heterocycles. The molecule has 0 unspecified atom stereocenters. The minimum atomic E-state index is -0.0682. The van der Waals surface area contributed by atoms with Gasteiger partial charge in [-0.2, -0.15) is 0 Å². The number of allylic oxidation sites excluding steroid dienone is 1. The summed E-state index contributed by atoms with van der Waals surface area (Å²) < 4.78 is 6.42. The van der Waals surface area contributed by atoms with Gasteiger partial charge in [0.05, 0.1) is 17.3 Å². The number of fused-ring (bicyclic) bond motifs is 1. The number of nitrogens with zero attached hydrogens (tertiary/aromatic N) is 2. The molecule has 0 radical (unpaired) electrons. The van der Waals surface area contributed by atoms with Gasteiger partial charge in [0.2, 0.25) is 0 Å². The van der Waals surface area contributed by atoms with E-state index in [0.29, 0.717) is 28.1 Å². The number of benzene rings is 1. The molecule has 1 amide bonds. The monoisotopic (exact) mass is 392 g/mol. The third kappa shape index (κ3) is 3.45. The van der Waals surface area contributed by atoms with E-state index in [9.17, 15) is 4.79 Å². The van der Waals surface area contributed by atoms with Gasteiger partial charge < -0.3 is 9.64 Å². The van der Waals surface area contributed by atoms with Gasteiger partial charge in [-0.3, -0.25) is 9.69 Å². The zero-order valence-electron chi connectivity index (χ0n) is 14.4. The Bertz CT molecular complexity index is 773. The molecule has 0 aromatic heterocycles. The Morgan fingerprint density at radius 2 is 1.88 bits per heavy atom. The summed E-state index contributed by atoms with van der Waals surface area (Å²) in [5.74, 6) is 0.533. The van der Waals surface area contributed by atoms with Crippen LogP contribution in [0.25, 0.3) is 0 Å². The van der Waals surface area contributed by atoms with Crippen LogP contribution in [0.3, 0.4) is 0 Å². The van der Waals surface area contributed by atoms with E-state index < -0.39 is 0 Å². The molecule has 1 aromatic carbocycles. The topological polar surface area (TPSA) is 32.8 Å². The molecule has 2 aliphatic rings. The Hall–Kier alpha value is -1.44. The second kappa shape index (κ2) is 7.85. The third-order valence-electron chi connectivity index (χ3n) is 3.90. The molecule has 0 aliphatic carbocycles. The molecule has 0 N–H and O–H groups in total. The van der Waals surface area contributed by atoms with Gasteiger partial charge in [0.15, 0.2) is 0 Å². The van der Waals surface area contributed by atoms with Crippen LogP contribution in [0.2, 0.25) is 0 Å². The number of thioether (sulfide) groups is 2. The van der Waals surface area contributed by atoms with Crippen molar-refractivity contribution in [2.24, 2.45) is 0 Å². The van der Waals surface area contributed by atoms with Gasteiger partial charge in [-0.05, 0) is 32.9 Å². The van der Waals surface area contributed by atoms with Crippen molar-refractivity contribution in [2.45, 2.75) is 25.7 Å². The first-order valence-corrected chi connectivity index (χ1v) is 10.3. The van der Waals surface area contributed by atoms with E-state index in [0.717, 1.165) is 11.6 Å².